The van der Waals surface area contributed by atoms with Crippen molar-refractivity contribution in [1.29, 1.82) is 0 Å². The topological polar surface area (TPSA) is 110 Å². The summed E-state index contributed by atoms with van der Waals surface area (Å²) in [6, 6.07) is 7.75. The predicted molar refractivity (Wildman–Crippen MR) is 118 cm³/mol. The Hall–Kier alpha value is -2.63. The van der Waals surface area contributed by atoms with Gasteiger partial charge < -0.3 is 15.1 Å². The molecule has 11 heteroatoms. The fourth-order valence-electron chi connectivity index (χ4n) is 3.40. The first kappa shape index (κ1) is 21.6. The molecule has 0 unspecified atom stereocenters. The van der Waals surface area contributed by atoms with E-state index in [1.807, 2.05) is 4.90 Å². The van der Waals surface area contributed by atoms with E-state index < -0.39 is 5.91 Å². The molecule has 9 nitrogen and oxygen atoms in total. The Balaban J connectivity index is 1.33. The van der Waals surface area contributed by atoms with Crippen LogP contribution in [0.2, 0.25) is 0 Å². The minimum Gasteiger partial charge on any atom is -0.461 e. The molecular weight excluding hydrogens is 436 g/mol. The minimum atomic E-state index is -0.411. The van der Waals surface area contributed by atoms with E-state index in [1.165, 1.54) is 16.6 Å². The average molecular weight is 461 g/mol. The standard InChI is InChI=1S/C20H24N6O3S2/c21-17(27)5-6-26-19(16-4-1-11-29-16)22-23-20(26)31-14-18(28)25-9-7-24(8-10-25)13-15-3-2-12-30-15/h1-4,11-12H,5-10,13-14H2,(H2,21,27). The third-order valence-electron chi connectivity index (χ3n) is 5.05. The summed E-state index contributed by atoms with van der Waals surface area (Å²) in [6.07, 6.45) is 1.70. The van der Waals surface area contributed by atoms with E-state index in [-0.39, 0.29) is 18.1 Å². The van der Waals surface area contributed by atoms with Crippen molar-refractivity contribution in [3.05, 3.63) is 40.8 Å². The summed E-state index contributed by atoms with van der Waals surface area (Å²) >= 11 is 3.08. The highest BCUT2D eigenvalue weighted by Gasteiger charge is 2.23. The molecule has 1 aliphatic heterocycles. The summed E-state index contributed by atoms with van der Waals surface area (Å²) < 4.78 is 7.20. The van der Waals surface area contributed by atoms with Crippen LogP contribution in [0.3, 0.4) is 0 Å². The number of amides is 2. The molecule has 0 saturated carbocycles. The van der Waals surface area contributed by atoms with Crippen LogP contribution < -0.4 is 5.73 Å². The highest BCUT2D eigenvalue weighted by Crippen LogP contribution is 2.25. The third kappa shape index (κ3) is 5.54. The van der Waals surface area contributed by atoms with Crippen LogP contribution in [0.5, 0.6) is 0 Å². The van der Waals surface area contributed by atoms with Crippen LogP contribution in [0, 0.1) is 0 Å². The number of hydrogen-bond acceptors (Lipinski definition) is 8. The Labute approximate surface area is 188 Å². The fourth-order valence-corrected chi connectivity index (χ4v) is 5.02. The van der Waals surface area contributed by atoms with Crippen molar-refractivity contribution in [2.75, 3.05) is 31.9 Å². The number of furan rings is 1. The van der Waals surface area contributed by atoms with Crippen molar-refractivity contribution in [2.24, 2.45) is 5.73 Å². The molecule has 164 valence electrons. The molecule has 2 N–H and O–H groups in total. The Morgan fingerprint density at radius 2 is 2.00 bits per heavy atom. The summed E-state index contributed by atoms with van der Waals surface area (Å²) in [5.74, 6) is 0.995. The maximum atomic E-state index is 12.7. The van der Waals surface area contributed by atoms with E-state index in [0.29, 0.717) is 23.3 Å². The van der Waals surface area contributed by atoms with Crippen LogP contribution in [0.4, 0.5) is 0 Å². The van der Waals surface area contributed by atoms with Gasteiger partial charge in [0.15, 0.2) is 16.7 Å². The Bertz CT molecular complexity index is 994. The Morgan fingerprint density at radius 3 is 2.68 bits per heavy atom. The van der Waals surface area contributed by atoms with Gasteiger partial charge in [-0.25, -0.2) is 0 Å². The third-order valence-corrected chi connectivity index (χ3v) is 6.86. The van der Waals surface area contributed by atoms with Crippen molar-refractivity contribution < 1.29 is 14.0 Å². The van der Waals surface area contributed by atoms with Gasteiger partial charge in [-0.1, -0.05) is 17.8 Å². The second-order valence-electron chi connectivity index (χ2n) is 7.18. The summed E-state index contributed by atoms with van der Waals surface area (Å²) in [4.78, 5) is 29.6. The smallest absolute Gasteiger partial charge is 0.233 e. The van der Waals surface area contributed by atoms with Gasteiger partial charge in [0, 0.05) is 50.6 Å². The van der Waals surface area contributed by atoms with Gasteiger partial charge in [-0.2, -0.15) is 0 Å². The van der Waals surface area contributed by atoms with Gasteiger partial charge in [-0.3, -0.25) is 19.1 Å². The van der Waals surface area contributed by atoms with E-state index in [0.717, 1.165) is 32.7 Å². The lowest BCUT2D eigenvalue weighted by Gasteiger charge is -2.34. The second-order valence-corrected chi connectivity index (χ2v) is 9.15. The zero-order chi connectivity index (χ0) is 21.6. The van der Waals surface area contributed by atoms with Crippen LogP contribution in [0.1, 0.15) is 11.3 Å². The van der Waals surface area contributed by atoms with Crippen LogP contribution in [-0.2, 0) is 22.7 Å². The van der Waals surface area contributed by atoms with Gasteiger partial charge in [-0.15, -0.1) is 21.5 Å². The van der Waals surface area contributed by atoms with Crippen LogP contribution in [0.25, 0.3) is 11.6 Å². The molecule has 0 radical (unpaired) electrons. The zero-order valence-electron chi connectivity index (χ0n) is 17.0. The summed E-state index contributed by atoms with van der Waals surface area (Å²) in [5.41, 5.74) is 5.31. The van der Waals surface area contributed by atoms with E-state index in [1.54, 1.807) is 34.3 Å². The highest BCUT2D eigenvalue weighted by atomic mass is 32.2. The summed E-state index contributed by atoms with van der Waals surface area (Å²) in [5, 5.41) is 11.1. The van der Waals surface area contributed by atoms with Crippen molar-refractivity contribution in [2.45, 2.75) is 24.7 Å². The number of nitrogens with zero attached hydrogens (tertiary/aromatic N) is 5. The molecule has 3 aromatic rings. The molecule has 4 rings (SSSR count). The van der Waals surface area contributed by atoms with Crippen LogP contribution in [0.15, 0.2) is 45.5 Å². The lowest BCUT2D eigenvalue weighted by atomic mass is 10.3. The van der Waals surface area contributed by atoms with Gasteiger partial charge >= 0.3 is 0 Å². The van der Waals surface area contributed by atoms with Crippen molar-refractivity contribution in [3.63, 3.8) is 0 Å². The molecule has 31 heavy (non-hydrogen) atoms. The predicted octanol–water partition coefficient (Wildman–Crippen LogP) is 1.91. The fraction of sp³-hybridized carbons (Fsp3) is 0.400. The molecule has 1 saturated heterocycles. The quantitative estimate of drug-likeness (QED) is 0.486. The average Bonchev–Trinajstić information content (AvgIpc) is 3.52. The maximum Gasteiger partial charge on any atom is 0.233 e. The SMILES string of the molecule is NC(=O)CCn1c(SCC(=O)N2CCN(Cc3cccs3)CC2)nnc1-c1ccco1. The monoisotopic (exact) mass is 460 g/mol. The van der Waals surface area contributed by atoms with E-state index >= 15 is 0 Å². The van der Waals surface area contributed by atoms with Gasteiger partial charge in [-0.05, 0) is 23.6 Å². The number of carbonyl (C=O) groups is 2. The van der Waals surface area contributed by atoms with Gasteiger partial charge in [0.1, 0.15) is 0 Å². The summed E-state index contributed by atoms with van der Waals surface area (Å²) in [7, 11) is 0. The van der Waals surface area contributed by atoms with Crippen molar-refractivity contribution >= 4 is 34.9 Å². The second kappa shape index (κ2) is 10.1. The first-order valence-electron chi connectivity index (χ1n) is 10.0. The number of aromatic nitrogens is 3. The van der Waals surface area contributed by atoms with Gasteiger partial charge in [0.2, 0.25) is 11.8 Å². The van der Waals surface area contributed by atoms with Crippen molar-refractivity contribution in [3.8, 4) is 11.6 Å². The molecule has 0 atom stereocenters. The molecule has 4 heterocycles. The van der Waals surface area contributed by atoms with E-state index in [2.05, 4.69) is 32.6 Å². The maximum absolute atomic E-state index is 12.7. The lowest BCUT2D eigenvalue weighted by molar-refractivity contribution is -0.130. The lowest BCUT2D eigenvalue weighted by Crippen LogP contribution is -2.48. The highest BCUT2D eigenvalue weighted by molar-refractivity contribution is 7.99. The molecular formula is C20H24N6O3S2. The van der Waals surface area contributed by atoms with Crippen LogP contribution >= 0.6 is 23.1 Å². The molecule has 1 aliphatic rings. The number of hydrogen-bond donors (Lipinski definition) is 1. The number of piperazine rings is 1. The van der Waals surface area contributed by atoms with Crippen LogP contribution in [-0.4, -0.2) is 68.3 Å². The molecule has 3 aromatic heterocycles. The number of thiophene rings is 1. The number of rotatable bonds is 9. The Kier molecular flexibility index (Phi) is 7.05. The van der Waals surface area contributed by atoms with E-state index in [4.69, 9.17) is 10.2 Å². The van der Waals surface area contributed by atoms with E-state index in [9.17, 15) is 9.59 Å². The summed E-state index contributed by atoms with van der Waals surface area (Å²) in [6.45, 7) is 4.44. The molecule has 0 aromatic carbocycles. The molecule has 2 amide bonds. The first-order chi connectivity index (χ1) is 15.1. The van der Waals surface area contributed by atoms with Gasteiger partial charge in [0.05, 0.1) is 12.0 Å². The number of nitrogens with two attached hydrogens (primary N) is 1. The van der Waals surface area contributed by atoms with Crippen molar-refractivity contribution in [1.82, 2.24) is 24.6 Å². The molecule has 0 aliphatic carbocycles. The first-order valence-corrected chi connectivity index (χ1v) is 11.9. The Morgan fingerprint density at radius 1 is 1.16 bits per heavy atom. The number of thioether (sulfide) groups is 1. The number of primary amides is 1. The largest absolute Gasteiger partial charge is 0.461 e. The number of carbonyl (C=O) groups excluding carboxylic acids is 2. The molecule has 1 fully saturated rings. The molecule has 0 bridgehead atoms. The molecule has 0 spiro atoms. The van der Waals surface area contributed by atoms with Gasteiger partial charge in [0.25, 0.3) is 0 Å². The normalized spacial score (nSPS) is 14.8. The minimum absolute atomic E-state index is 0.0739. The zero-order valence-corrected chi connectivity index (χ0v) is 18.6.